The van der Waals surface area contributed by atoms with Crippen LogP contribution in [0.1, 0.15) is 32.1 Å². The van der Waals surface area contributed by atoms with E-state index in [0.717, 1.165) is 12.8 Å². The Hall–Kier alpha value is -0.330. The molecule has 0 bridgehead atoms. The van der Waals surface area contributed by atoms with Crippen molar-refractivity contribution in [2.24, 2.45) is 5.73 Å². The SMILES string of the molecule is NC1(CO)CCCC(OCCC(F)(F)F)C1. The molecule has 0 aromatic heterocycles. The third-order valence-electron chi connectivity index (χ3n) is 2.89. The summed E-state index contributed by atoms with van der Waals surface area (Å²) in [5.41, 5.74) is 5.17. The van der Waals surface area contributed by atoms with Crippen molar-refractivity contribution in [2.75, 3.05) is 13.2 Å². The average molecular weight is 241 g/mol. The normalized spacial score (nSPS) is 31.7. The molecule has 0 radical (unpaired) electrons. The molecule has 0 aromatic carbocycles. The van der Waals surface area contributed by atoms with Gasteiger partial charge in [-0.1, -0.05) is 0 Å². The van der Waals surface area contributed by atoms with E-state index in [2.05, 4.69) is 0 Å². The van der Waals surface area contributed by atoms with Gasteiger partial charge in [-0.25, -0.2) is 0 Å². The van der Waals surface area contributed by atoms with Crippen molar-refractivity contribution < 1.29 is 23.0 Å². The van der Waals surface area contributed by atoms with Crippen molar-refractivity contribution in [1.29, 1.82) is 0 Å². The van der Waals surface area contributed by atoms with Crippen LogP contribution >= 0.6 is 0 Å². The van der Waals surface area contributed by atoms with E-state index in [1.54, 1.807) is 0 Å². The predicted octanol–water partition coefficient (Wildman–Crippen LogP) is 1.59. The van der Waals surface area contributed by atoms with Crippen LogP contribution in [0.25, 0.3) is 0 Å². The summed E-state index contributed by atoms with van der Waals surface area (Å²) in [6.07, 6.45) is -2.73. The number of alkyl halides is 3. The lowest BCUT2D eigenvalue weighted by molar-refractivity contribution is -0.151. The molecule has 1 aliphatic rings. The standard InChI is InChI=1S/C10H18F3NO2/c11-10(12,13)4-5-16-8-2-1-3-9(14,6-8)7-15/h8,15H,1-7,14H2. The van der Waals surface area contributed by atoms with E-state index in [1.807, 2.05) is 0 Å². The van der Waals surface area contributed by atoms with Crippen LogP contribution in [-0.4, -0.2) is 36.1 Å². The maximum atomic E-state index is 11.9. The van der Waals surface area contributed by atoms with Crippen molar-refractivity contribution in [3.63, 3.8) is 0 Å². The highest BCUT2D eigenvalue weighted by molar-refractivity contribution is 4.90. The van der Waals surface area contributed by atoms with Gasteiger partial charge in [0.1, 0.15) is 0 Å². The lowest BCUT2D eigenvalue weighted by Gasteiger charge is -2.36. The van der Waals surface area contributed by atoms with Crippen LogP contribution in [0, 0.1) is 0 Å². The number of nitrogens with two attached hydrogens (primary N) is 1. The molecule has 1 fully saturated rings. The molecule has 1 aliphatic carbocycles. The highest BCUT2D eigenvalue weighted by Gasteiger charge is 2.33. The van der Waals surface area contributed by atoms with Gasteiger partial charge in [-0.15, -0.1) is 0 Å². The minimum Gasteiger partial charge on any atom is -0.394 e. The van der Waals surface area contributed by atoms with Gasteiger partial charge in [0.15, 0.2) is 0 Å². The fourth-order valence-electron chi connectivity index (χ4n) is 1.97. The summed E-state index contributed by atoms with van der Waals surface area (Å²) in [5, 5.41) is 9.06. The number of hydrogen-bond donors (Lipinski definition) is 2. The molecule has 96 valence electrons. The number of aliphatic hydroxyl groups excluding tert-OH is 1. The lowest BCUT2D eigenvalue weighted by Crippen LogP contribution is -2.49. The summed E-state index contributed by atoms with van der Waals surface area (Å²) in [4.78, 5) is 0. The van der Waals surface area contributed by atoms with Gasteiger partial charge in [0.2, 0.25) is 0 Å². The number of hydrogen-bond acceptors (Lipinski definition) is 3. The summed E-state index contributed by atoms with van der Waals surface area (Å²) in [7, 11) is 0. The van der Waals surface area contributed by atoms with Gasteiger partial charge < -0.3 is 15.6 Å². The Morgan fingerprint density at radius 3 is 2.69 bits per heavy atom. The number of aliphatic hydroxyl groups is 1. The Morgan fingerprint density at radius 1 is 1.44 bits per heavy atom. The summed E-state index contributed by atoms with van der Waals surface area (Å²) < 4.78 is 40.8. The zero-order valence-electron chi connectivity index (χ0n) is 9.09. The summed E-state index contributed by atoms with van der Waals surface area (Å²) in [5.74, 6) is 0. The molecule has 0 amide bonds. The maximum Gasteiger partial charge on any atom is 0.391 e. The largest absolute Gasteiger partial charge is 0.394 e. The lowest BCUT2D eigenvalue weighted by atomic mass is 9.81. The van der Waals surface area contributed by atoms with Crippen molar-refractivity contribution >= 4 is 0 Å². The Bertz CT molecular complexity index is 223. The molecular weight excluding hydrogens is 223 g/mol. The minimum atomic E-state index is -4.18. The predicted molar refractivity (Wildman–Crippen MR) is 52.9 cm³/mol. The quantitative estimate of drug-likeness (QED) is 0.785. The zero-order valence-corrected chi connectivity index (χ0v) is 9.09. The van der Waals surface area contributed by atoms with Crippen molar-refractivity contribution in [3.8, 4) is 0 Å². The van der Waals surface area contributed by atoms with Gasteiger partial charge in [-0.05, 0) is 25.7 Å². The first kappa shape index (κ1) is 13.7. The molecule has 0 saturated heterocycles. The molecule has 1 saturated carbocycles. The third-order valence-corrected chi connectivity index (χ3v) is 2.89. The van der Waals surface area contributed by atoms with Crippen LogP contribution in [-0.2, 0) is 4.74 Å². The van der Waals surface area contributed by atoms with E-state index >= 15 is 0 Å². The molecule has 3 N–H and O–H groups in total. The second kappa shape index (κ2) is 5.33. The van der Waals surface area contributed by atoms with Crippen LogP contribution in [0.4, 0.5) is 13.2 Å². The first-order valence-corrected chi connectivity index (χ1v) is 5.43. The average Bonchev–Trinajstić information content (AvgIpc) is 2.16. The summed E-state index contributed by atoms with van der Waals surface area (Å²) in [6.45, 7) is -0.470. The first-order chi connectivity index (χ1) is 7.35. The van der Waals surface area contributed by atoms with Crippen LogP contribution in [0.2, 0.25) is 0 Å². The van der Waals surface area contributed by atoms with Crippen molar-refractivity contribution in [2.45, 2.75) is 49.9 Å². The zero-order chi connectivity index (χ0) is 12.2. The molecule has 0 aliphatic heterocycles. The summed E-state index contributed by atoms with van der Waals surface area (Å²) >= 11 is 0. The number of halogens is 3. The molecule has 2 unspecified atom stereocenters. The van der Waals surface area contributed by atoms with Crippen LogP contribution < -0.4 is 5.73 Å². The highest BCUT2D eigenvalue weighted by atomic mass is 19.4. The Morgan fingerprint density at radius 2 is 2.12 bits per heavy atom. The molecule has 0 aromatic rings. The van der Waals surface area contributed by atoms with E-state index in [1.165, 1.54) is 0 Å². The van der Waals surface area contributed by atoms with E-state index in [9.17, 15) is 13.2 Å². The fraction of sp³-hybridized carbons (Fsp3) is 1.00. The number of ether oxygens (including phenoxy) is 1. The Balaban J connectivity index is 2.27. The van der Waals surface area contributed by atoms with Gasteiger partial charge in [-0.3, -0.25) is 0 Å². The monoisotopic (exact) mass is 241 g/mol. The van der Waals surface area contributed by atoms with E-state index in [0.29, 0.717) is 12.8 Å². The smallest absolute Gasteiger partial charge is 0.391 e. The topological polar surface area (TPSA) is 55.5 Å². The van der Waals surface area contributed by atoms with Gasteiger partial charge in [0.05, 0.1) is 25.7 Å². The molecule has 2 atom stereocenters. The molecular formula is C10H18F3NO2. The van der Waals surface area contributed by atoms with Gasteiger partial charge in [0.25, 0.3) is 0 Å². The molecule has 16 heavy (non-hydrogen) atoms. The Kier molecular flexibility index (Phi) is 4.58. The van der Waals surface area contributed by atoms with Crippen LogP contribution in [0.3, 0.4) is 0 Å². The molecule has 1 rings (SSSR count). The van der Waals surface area contributed by atoms with Crippen LogP contribution in [0.15, 0.2) is 0 Å². The van der Waals surface area contributed by atoms with Crippen molar-refractivity contribution in [3.05, 3.63) is 0 Å². The molecule has 0 heterocycles. The maximum absolute atomic E-state index is 11.9. The highest BCUT2D eigenvalue weighted by Crippen LogP contribution is 2.28. The van der Waals surface area contributed by atoms with E-state index in [4.69, 9.17) is 15.6 Å². The van der Waals surface area contributed by atoms with E-state index < -0.39 is 18.1 Å². The second-order valence-corrected chi connectivity index (χ2v) is 4.47. The van der Waals surface area contributed by atoms with Crippen LogP contribution in [0.5, 0.6) is 0 Å². The van der Waals surface area contributed by atoms with E-state index in [-0.39, 0.29) is 19.3 Å². The fourth-order valence-corrected chi connectivity index (χ4v) is 1.97. The van der Waals surface area contributed by atoms with Gasteiger partial charge >= 0.3 is 6.18 Å². The molecule has 6 heteroatoms. The minimum absolute atomic E-state index is 0.147. The Labute approximate surface area is 92.8 Å². The molecule has 3 nitrogen and oxygen atoms in total. The molecule has 0 spiro atoms. The van der Waals surface area contributed by atoms with Crippen molar-refractivity contribution in [1.82, 2.24) is 0 Å². The third kappa shape index (κ3) is 4.67. The van der Waals surface area contributed by atoms with Gasteiger partial charge in [0, 0.05) is 5.54 Å². The number of rotatable bonds is 4. The first-order valence-electron chi connectivity index (χ1n) is 5.43. The second-order valence-electron chi connectivity index (χ2n) is 4.47. The van der Waals surface area contributed by atoms with Gasteiger partial charge in [-0.2, -0.15) is 13.2 Å². The summed E-state index contributed by atoms with van der Waals surface area (Å²) in [6, 6.07) is 0.